The molecule has 2 aromatic rings. The van der Waals surface area contributed by atoms with E-state index in [1.807, 2.05) is 43.5 Å². The number of nitrogens with one attached hydrogen (secondary N) is 1. The van der Waals surface area contributed by atoms with Gasteiger partial charge in [-0.15, -0.1) is 0 Å². The molecular weight excluding hydrogens is 324 g/mol. The summed E-state index contributed by atoms with van der Waals surface area (Å²) in [6.07, 6.45) is 3.53. The number of aromatic nitrogens is 1. The fourth-order valence-electron chi connectivity index (χ4n) is 3.54. The van der Waals surface area contributed by atoms with Crippen molar-refractivity contribution in [3.63, 3.8) is 0 Å². The summed E-state index contributed by atoms with van der Waals surface area (Å²) in [4.78, 5) is 30.4. The molecule has 0 radical (unpaired) electrons. The molecule has 2 heterocycles. The number of benzene rings is 1. The van der Waals surface area contributed by atoms with Crippen LogP contribution in [0.3, 0.4) is 0 Å². The standard InChI is InChI=1S/C22H28N2O2/c1-15-12-19(23-13-15)21(26)24-11-5-6-17(14-24)20(25)16-7-9-18(10-8-16)22(2,3)4/h7-10,12-13,17,23H,5-6,11,14H2,1-4H3/t17-/m0/s1. The number of aromatic amines is 1. The number of nitrogens with zero attached hydrogens (tertiary/aromatic N) is 1. The van der Waals surface area contributed by atoms with Crippen molar-refractivity contribution in [1.82, 2.24) is 9.88 Å². The van der Waals surface area contributed by atoms with E-state index in [2.05, 4.69) is 25.8 Å². The zero-order valence-corrected chi connectivity index (χ0v) is 16.1. The number of amides is 1. The number of piperidine rings is 1. The highest BCUT2D eigenvalue weighted by molar-refractivity contribution is 5.99. The number of rotatable bonds is 3. The topological polar surface area (TPSA) is 53.2 Å². The van der Waals surface area contributed by atoms with Crippen LogP contribution in [-0.4, -0.2) is 34.7 Å². The second kappa shape index (κ2) is 7.10. The average molecular weight is 352 g/mol. The van der Waals surface area contributed by atoms with Gasteiger partial charge in [-0.3, -0.25) is 9.59 Å². The van der Waals surface area contributed by atoms with E-state index in [1.54, 1.807) is 4.90 Å². The number of likely N-dealkylation sites (tertiary alicyclic amines) is 1. The molecule has 1 fully saturated rings. The zero-order chi connectivity index (χ0) is 18.9. The molecule has 1 N–H and O–H groups in total. The van der Waals surface area contributed by atoms with Gasteiger partial charge in [-0.2, -0.15) is 0 Å². The van der Waals surface area contributed by atoms with Crippen LogP contribution in [0.25, 0.3) is 0 Å². The van der Waals surface area contributed by atoms with Gasteiger partial charge in [0.25, 0.3) is 5.91 Å². The summed E-state index contributed by atoms with van der Waals surface area (Å²) in [6.45, 7) is 9.65. The van der Waals surface area contributed by atoms with E-state index in [0.29, 0.717) is 18.8 Å². The summed E-state index contributed by atoms with van der Waals surface area (Å²) in [5, 5.41) is 0. The normalized spacial score (nSPS) is 18.0. The van der Waals surface area contributed by atoms with Crippen LogP contribution >= 0.6 is 0 Å². The number of Topliss-reactive ketones (excluding diaryl/α,β-unsaturated/α-hetero) is 1. The third-order valence-electron chi connectivity index (χ3n) is 5.17. The Kier molecular flexibility index (Phi) is 5.03. The van der Waals surface area contributed by atoms with Crippen molar-refractivity contribution in [3.05, 3.63) is 58.9 Å². The number of H-pyrrole nitrogens is 1. The van der Waals surface area contributed by atoms with Crippen molar-refractivity contribution >= 4 is 11.7 Å². The smallest absolute Gasteiger partial charge is 0.270 e. The fraction of sp³-hybridized carbons (Fsp3) is 0.455. The lowest BCUT2D eigenvalue weighted by atomic mass is 9.85. The lowest BCUT2D eigenvalue weighted by molar-refractivity contribution is 0.0632. The van der Waals surface area contributed by atoms with Crippen LogP contribution in [0.1, 0.15) is 65.6 Å². The van der Waals surface area contributed by atoms with Crippen molar-refractivity contribution < 1.29 is 9.59 Å². The Morgan fingerprint density at radius 3 is 2.42 bits per heavy atom. The summed E-state index contributed by atoms with van der Waals surface area (Å²) in [5.74, 6) is 0.00792. The van der Waals surface area contributed by atoms with Gasteiger partial charge in [-0.05, 0) is 42.4 Å². The van der Waals surface area contributed by atoms with Crippen molar-refractivity contribution in [2.45, 2.75) is 46.0 Å². The SMILES string of the molecule is Cc1c[nH]c(C(=O)N2CCC[C@H](C(=O)c3ccc(C(C)(C)C)cc3)C2)c1. The maximum atomic E-state index is 12.9. The van der Waals surface area contributed by atoms with E-state index in [9.17, 15) is 9.59 Å². The molecule has 1 aliphatic rings. The van der Waals surface area contributed by atoms with Crippen molar-refractivity contribution in [1.29, 1.82) is 0 Å². The Labute approximate surface area is 155 Å². The molecule has 138 valence electrons. The maximum absolute atomic E-state index is 12.9. The average Bonchev–Trinajstić information content (AvgIpc) is 3.06. The first-order valence-electron chi connectivity index (χ1n) is 9.35. The molecule has 26 heavy (non-hydrogen) atoms. The van der Waals surface area contributed by atoms with Gasteiger partial charge < -0.3 is 9.88 Å². The Morgan fingerprint density at radius 1 is 1.15 bits per heavy atom. The molecule has 1 amide bonds. The van der Waals surface area contributed by atoms with Gasteiger partial charge in [0.15, 0.2) is 5.78 Å². The van der Waals surface area contributed by atoms with E-state index in [1.165, 1.54) is 5.56 Å². The molecular formula is C22H28N2O2. The van der Waals surface area contributed by atoms with Crippen LogP contribution in [0.4, 0.5) is 0 Å². The highest BCUT2D eigenvalue weighted by Crippen LogP contribution is 2.25. The van der Waals surface area contributed by atoms with Crippen LogP contribution < -0.4 is 0 Å². The Bertz CT molecular complexity index is 796. The molecule has 0 bridgehead atoms. The van der Waals surface area contributed by atoms with E-state index in [-0.39, 0.29) is 23.0 Å². The number of hydrogen-bond donors (Lipinski definition) is 1. The number of carbonyl (C=O) groups is 2. The van der Waals surface area contributed by atoms with Crippen molar-refractivity contribution in [2.24, 2.45) is 5.92 Å². The predicted molar refractivity (Wildman–Crippen MR) is 104 cm³/mol. The molecule has 1 atom stereocenters. The van der Waals surface area contributed by atoms with Gasteiger partial charge in [-0.1, -0.05) is 45.0 Å². The second-order valence-corrected chi connectivity index (χ2v) is 8.37. The minimum absolute atomic E-state index is 0.0151. The summed E-state index contributed by atoms with van der Waals surface area (Å²) >= 11 is 0. The molecule has 0 unspecified atom stereocenters. The Hall–Kier alpha value is -2.36. The van der Waals surface area contributed by atoms with Gasteiger partial charge in [0.1, 0.15) is 5.69 Å². The van der Waals surface area contributed by atoms with Crippen molar-refractivity contribution in [2.75, 3.05) is 13.1 Å². The second-order valence-electron chi connectivity index (χ2n) is 8.37. The van der Waals surface area contributed by atoms with Crippen LogP contribution in [0.15, 0.2) is 36.5 Å². The lowest BCUT2D eigenvalue weighted by Gasteiger charge is -2.32. The third-order valence-corrected chi connectivity index (χ3v) is 5.17. The summed E-state index contributed by atoms with van der Waals surface area (Å²) < 4.78 is 0. The van der Waals surface area contributed by atoms with Gasteiger partial charge in [-0.25, -0.2) is 0 Å². The van der Waals surface area contributed by atoms with Gasteiger partial charge in [0.2, 0.25) is 0 Å². The first-order valence-corrected chi connectivity index (χ1v) is 9.35. The highest BCUT2D eigenvalue weighted by atomic mass is 16.2. The Morgan fingerprint density at radius 2 is 1.85 bits per heavy atom. The molecule has 3 rings (SSSR count). The predicted octanol–water partition coefficient (Wildman–Crippen LogP) is 4.36. The molecule has 1 aromatic heterocycles. The van der Waals surface area contributed by atoms with E-state index in [4.69, 9.17) is 0 Å². The molecule has 4 nitrogen and oxygen atoms in total. The van der Waals surface area contributed by atoms with Crippen molar-refractivity contribution in [3.8, 4) is 0 Å². The summed E-state index contributed by atoms with van der Waals surface area (Å²) in [5.41, 5.74) is 3.68. The Balaban J connectivity index is 1.71. The van der Waals surface area contributed by atoms with Crippen LogP contribution in [0.2, 0.25) is 0 Å². The highest BCUT2D eigenvalue weighted by Gasteiger charge is 2.30. The summed E-state index contributed by atoms with van der Waals surface area (Å²) in [7, 11) is 0. The molecule has 4 heteroatoms. The molecule has 1 saturated heterocycles. The molecule has 1 aromatic carbocycles. The number of hydrogen-bond acceptors (Lipinski definition) is 2. The van der Waals surface area contributed by atoms with Gasteiger partial charge >= 0.3 is 0 Å². The molecule has 0 aliphatic carbocycles. The summed E-state index contributed by atoms with van der Waals surface area (Å²) in [6, 6.07) is 9.80. The van der Waals surface area contributed by atoms with Gasteiger partial charge in [0, 0.05) is 30.8 Å². The number of ketones is 1. The minimum Gasteiger partial charge on any atom is -0.357 e. The van der Waals surface area contributed by atoms with Gasteiger partial charge in [0.05, 0.1) is 0 Å². The van der Waals surface area contributed by atoms with Crippen LogP contribution in [0.5, 0.6) is 0 Å². The fourth-order valence-corrected chi connectivity index (χ4v) is 3.54. The maximum Gasteiger partial charge on any atom is 0.270 e. The van der Waals surface area contributed by atoms with E-state index >= 15 is 0 Å². The third kappa shape index (κ3) is 3.90. The first kappa shape index (κ1) is 18.4. The molecule has 1 aliphatic heterocycles. The quantitative estimate of drug-likeness (QED) is 0.835. The minimum atomic E-state index is -0.121. The van der Waals surface area contributed by atoms with Crippen LogP contribution in [0, 0.1) is 12.8 Å². The molecule has 0 saturated carbocycles. The monoisotopic (exact) mass is 352 g/mol. The van der Waals surface area contributed by atoms with Crippen LogP contribution in [-0.2, 0) is 5.41 Å². The largest absolute Gasteiger partial charge is 0.357 e. The number of aryl methyl sites for hydroxylation is 1. The molecule has 0 spiro atoms. The van der Waals surface area contributed by atoms with E-state index in [0.717, 1.165) is 24.0 Å². The zero-order valence-electron chi connectivity index (χ0n) is 16.1. The first-order chi connectivity index (χ1) is 12.3. The number of carbonyl (C=O) groups excluding carboxylic acids is 2. The lowest BCUT2D eigenvalue weighted by Crippen LogP contribution is -2.42. The van der Waals surface area contributed by atoms with E-state index < -0.39 is 0 Å².